The molecule has 1 aromatic carbocycles. The van der Waals surface area contributed by atoms with Gasteiger partial charge in [-0.25, -0.2) is 0 Å². The minimum atomic E-state index is -1.10. The summed E-state index contributed by atoms with van der Waals surface area (Å²) in [6.45, 7) is 1.43. The first-order valence-corrected chi connectivity index (χ1v) is 6.05. The van der Waals surface area contributed by atoms with Crippen molar-refractivity contribution in [3.8, 4) is 0 Å². The molecular weight excluding hydrogens is 283 g/mol. The van der Waals surface area contributed by atoms with Crippen molar-refractivity contribution in [2.75, 3.05) is 11.8 Å². The van der Waals surface area contributed by atoms with E-state index >= 15 is 0 Å². The van der Waals surface area contributed by atoms with Crippen LogP contribution in [0.4, 0.5) is 5.69 Å². The van der Waals surface area contributed by atoms with E-state index in [1.165, 1.54) is 25.0 Å². The average molecular weight is 295 g/mol. The van der Waals surface area contributed by atoms with Crippen molar-refractivity contribution < 1.29 is 19.6 Å². The summed E-state index contributed by atoms with van der Waals surface area (Å²) < 4.78 is 10.3. The molecule has 0 spiro atoms. The molecular formula is C10H12B2ClN3O4. The molecule has 4 N–H and O–H groups in total. The second kappa shape index (κ2) is 7.66. The number of nitrogens with one attached hydrogen (secondary N) is 2. The van der Waals surface area contributed by atoms with Crippen molar-refractivity contribution in [2.45, 2.75) is 6.82 Å². The molecule has 1 aromatic rings. The zero-order valence-electron chi connectivity index (χ0n) is 10.6. The van der Waals surface area contributed by atoms with Gasteiger partial charge in [-0.05, 0) is 0 Å². The predicted octanol–water partition coefficient (Wildman–Crippen LogP) is 0.513. The van der Waals surface area contributed by atoms with E-state index in [-0.39, 0.29) is 23.0 Å². The topological polar surface area (TPSA) is 111 Å². The Kier molecular flexibility index (Phi) is 6.20. The summed E-state index contributed by atoms with van der Waals surface area (Å²) in [5, 5.41) is 23.8. The van der Waals surface area contributed by atoms with Crippen molar-refractivity contribution in [3.05, 3.63) is 28.8 Å². The summed E-state index contributed by atoms with van der Waals surface area (Å²) in [5.74, 6) is -0.990. The number of carboxylic acids is 1. The molecule has 20 heavy (non-hydrogen) atoms. The molecule has 0 heterocycles. The molecule has 0 radical (unpaired) electrons. The van der Waals surface area contributed by atoms with Crippen molar-refractivity contribution >= 4 is 43.4 Å². The van der Waals surface area contributed by atoms with Gasteiger partial charge in [-0.2, -0.15) is 0 Å². The Hall–Kier alpha value is -1.86. The van der Waals surface area contributed by atoms with Crippen LogP contribution in [0.25, 0.3) is 0 Å². The Morgan fingerprint density at radius 2 is 2.25 bits per heavy atom. The standard InChI is InChI=1S/C10H12B2ClN3O4/c1-12(20)16-10(14-5-11-19)15-8-4-6(9(17)18)2-3-7(8)13/h2-4,20H,5H2,1H3,(H,17,18)(H2,14,15,16). The number of anilines is 1. The van der Waals surface area contributed by atoms with Gasteiger partial charge in [0, 0.05) is 0 Å². The van der Waals surface area contributed by atoms with Crippen LogP contribution in [0.5, 0.6) is 0 Å². The van der Waals surface area contributed by atoms with Crippen LogP contribution >= 0.6 is 11.6 Å². The molecule has 0 aromatic heterocycles. The molecule has 0 aliphatic heterocycles. The van der Waals surface area contributed by atoms with Crippen LogP contribution < -0.4 is 10.6 Å². The normalized spacial score (nSPS) is 10.7. The van der Waals surface area contributed by atoms with Crippen LogP contribution in [0.15, 0.2) is 23.1 Å². The number of carbonyl (C=O) groups is 1. The van der Waals surface area contributed by atoms with Crippen LogP contribution in [0, 0.1) is 0 Å². The summed E-state index contributed by atoms with van der Waals surface area (Å²) in [4.78, 5) is 14.7. The Morgan fingerprint density at radius 3 is 2.80 bits per heavy atom. The molecule has 10 heteroatoms. The first-order valence-electron chi connectivity index (χ1n) is 5.67. The Balaban J connectivity index is 3.00. The summed E-state index contributed by atoms with van der Waals surface area (Å²) in [6, 6.07) is 4.11. The number of nitrogens with zero attached hydrogens (tertiary/aromatic N) is 1. The van der Waals surface area contributed by atoms with Crippen molar-refractivity contribution in [3.63, 3.8) is 0 Å². The van der Waals surface area contributed by atoms with E-state index in [9.17, 15) is 14.5 Å². The van der Waals surface area contributed by atoms with Gasteiger partial charge in [0.15, 0.2) is 0 Å². The van der Waals surface area contributed by atoms with Gasteiger partial charge in [0.25, 0.3) is 0 Å². The van der Waals surface area contributed by atoms with E-state index in [0.717, 1.165) is 0 Å². The number of hydrogen-bond donors (Lipinski definition) is 4. The Labute approximate surface area is 121 Å². The first kappa shape index (κ1) is 16.2. The molecule has 7 nitrogen and oxygen atoms in total. The van der Waals surface area contributed by atoms with Crippen LogP contribution in [0.3, 0.4) is 0 Å². The molecule has 0 aliphatic carbocycles. The maximum absolute atomic E-state index is 10.9. The van der Waals surface area contributed by atoms with E-state index in [4.69, 9.17) is 16.7 Å². The summed E-state index contributed by atoms with van der Waals surface area (Å²) in [7, 11) is -0.382. The average Bonchev–Trinajstić information content (AvgIpc) is 2.37. The van der Waals surface area contributed by atoms with E-state index in [1.807, 2.05) is 0 Å². The third-order valence-electron chi connectivity index (χ3n) is 2.14. The second-order valence-electron chi connectivity index (χ2n) is 3.78. The maximum atomic E-state index is 10.9. The predicted molar refractivity (Wildman–Crippen MR) is 77.7 cm³/mol. The number of aromatic carboxylic acids is 1. The third-order valence-corrected chi connectivity index (χ3v) is 2.46. The van der Waals surface area contributed by atoms with Gasteiger partial charge in [-0.15, -0.1) is 0 Å². The molecule has 0 saturated heterocycles. The van der Waals surface area contributed by atoms with Gasteiger partial charge < -0.3 is 0 Å². The Bertz CT molecular complexity index is 539. The zero-order valence-corrected chi connectivity index (χ0v) is 11.4. The summed E-state index contributed by atoms with van der Waals surface area (Å²) >= 11 is 5.95. The van der Waals surface area contributed by atoms with E-state index < -0.39 is 13.0 Å². The summed E-state index contributed by atoms with van der Waals surface area (Å²) in [5.41, 5.74) is 0.341. The van der Waals surface area contributed by atoms with Crippen LogP contribution in [-0.2, 0) is 4.70 Å². The number of benzene rings is 1. The van der Waals surface area contributed by atoms with E-state index in [0.29, 0.717) is 12.8 Å². The fourth-order valence-corrected chi connectivity index (χ4v) is 1.49. The molecule has 104 valence electrons. The van der Waals surface area contributed by atoms with Crippen LogP contribution in [0.1, 0.15) is 10.4 Å². The number of halogens is 1. The molecule has 1 rings (SSSR count). The third kappa shape index (κ3) is 5.02. The van der Waals surface area contributed by atoms with Gasteiger partial charge in [0.05, 0.1) is 0 Å². The monoisotopic (exact) mass is 295 g/mol. The molecule has 0 atom stereocenters. The zero-order chi connectivity index (χ0) is 15.1. The number of rotatable bonds is 5. The second-order valence-corrected chi connectivity index (χ2v) is 4.19. The minimum absolute atomic E-state index is 0.0191. The van der Waals surface area contributed by atoms with E-state index in [2.05, 4.69) is 15.5 Å². The van der Waals surface area contributed by atoms with Crippen molar-refractivity contribution in [2.24, 2.45) is 4.90 Å². The molecule has 0 fully saturated rings. The van der Waals surface area contributed by atoms with Gasteiger partial charge in [0.1, 0.15) is 0 Å². The SMILES string of the molecule is CB(O)N=C(NCB=O)Nc1cc(C(=O)O)ccc1Cl. The number of hydrogen-bond acceptors (Lipinski definition) is 4. The van der Waals surface area contributed by atoms with Gasteiger partial charge in [-0.3, -0.25) is 0 Å². The van der Waals surface area contributed by atoms with Crippen LogP contribution in [0.2, 0.25) is 11.8 Å². The van der Waals surface area contributed by atoms with Gasteiger partial charge in [0.2, 0.25) is 0 Å². The molecule has 0 bridgehead atoms. The number of carboxylic acid groups (broad SMARTS) is 1. The molecule has 0 saturated carbocycles. The number of guanidine groups is 1. The van der Waals surface area contributed by atoms with Crippen molar-refractivity contribution in [1.29, 1.82) is 0 Å². The van der Waals surface area contributed by atoms with Crippen molar-refractivity contribution in [1.82, 2.24) is 5.32 Å². The Morgan fingerprint density at radius 1 is 1.55 bits per heavy atom. The summed E-state index contributed by atoms with van der Waals surface area (Å²) in [6.07, 6.45) is -0.0191. The van der Waals surface area contributed by atoms with Gasteiger partial charge in [-0.1, -0.05) is 0 Å². The molecule has 0 aliphatic rings. The first-order chi connectivity index (χ1) is 9.43. The molecule has 0 unspecified atom stereocenters. The van der Waals surface area contributed by atoms with E-state index in [1.54, 1.807) is 0 Å². The quantitative estimate of drug-likeness (QED) is 0.358. The van der Waals surface area contributed by atoms with Gasteiger partial charge >= 0.3 is 121 Å². The fourth-order valence-electron chi connectivity index (χ4n) is 1.33. The fraction of sp³-hybridized carbons (Fsp3) is 0.200. The van der Waals surface area contributed by atoms with Crippen LogP contribution in [-0.4, -0.2) is 42.7 Å². The molecule has 0 amide bonds.